The fourth-order valence-corrected chi connectivity index (χ4v) is 2.96. The number of hydrogen-bond acceptors (Lipinski definition) is 3. The number of benzene rings is 2. The van der Waals surface area contributed by atoms with Gasteiger partial charge in [0.05, 0.1) is 0 Å². The van der Waals surface area contributed by atoms with Gasteiger partial charge in [-0.15, -0.1) is 0 Å². The Morgan fingerprint density at radius 3 is 2.50 bits per heavy atom. The van der Waals surface area contributed by atoms with Crippen molar-refractivity contribution in [3.63, 3.8) is 0 Å². The SMILES string of the molecule is CN1CCC(NC(=O)c2ccccc2COc2ccccc2)CC1. The Morgan fingerprint density at radius 1 is 1.08 bits per heavy atom. The first-order valence-electron chi connectivity index (χ1n) is 8.47. The number of nitrogens with one attached hydrogen (secondary N) is 1. The van der Waals surface area contributed by atoms with E-state index in [4.69, 9.17) is 4.74 Å². The Bertz CT molecular complexity index is 664. The number of carbonyl (C=O) groups is 1. The van der Waals surface area contributed by atoms with Crippen LogP contribution in [-0.2, 0) is 6.61 Å². The average Bonchev–Trinajstić information content (AvgIpc) is 2.63. The van der Waals surface area contributed by atoms with Crippen LogP contribution in [0.15, 0.2) is 54.6 Å². The second-order valence-corrected chi connectivity index (χ2v) is 6.31. The van der Waals surface area contributed by atoms with Crippen LogP contribution in [0.4, 0.5) is 0 Å². The molecule has 1 saturated heterocycles. The number of para-hydroxylation sites is 1. The van der Waals surface area contributed by atoms with E-state index < -0.39 is 0 Å². The van der Waals surface area contributed by atoms with Crippen LogP contribution in [0.2, 0.25) is 0 Å². The Hall–Kier alpha value is -2.33. The summed E-state index contributed by atoms with van der Waals surface area (Å²) in [6.07, 6.45) is 2.01. The average molecular weight is 324 g/mol. The van der Waals surface area contributed by atoms with E-state index in [0.717, 1.165) is 37.2 Å². The summed E-state index contributed by atoms with van der Waals surface area (Å²) >= 11 is 0. The van der Waals surface area contributed by atoms with Crippen molar-refractivity contribution in [3.05, 3.63) is 65.7 Å². The summed E-state index contributed by atoms with van der Waals surface area (Å²) in [5, 5.41) is 3.17. The van der Waals surface area contributed by atoms with Gasteiger partial charge in [-0.1, -0.05) is 36.4 Å². The lowest BCUT2D eigenvalue weighted by Gasteiger charge is -2.29. The molecule has 0 spiro atoms. The molecule has 3 rings (SSSR count). The van der Waals surface area contributed by atoms with Crippen molar-refractivity contribution >= 4 is 5.91 Å². The van der Waals surface area contributed by atoms with Crippen LogP contribution in [0.25, 0.3) is 0 Å². The fourth-order valence-electron chi connectivity index (χ4n) is 2.96. The monoisotopic (exact) mass is 324 g/mol. The number of nitrogens with zero attached hydrogens (tertiary/aromatic N) is 1. The van der Waals surface area contributed by atoms with Crippen molar-refractivity contribution in [2.24, 2.45) is 0 Å². The molecular weight excluding hydrogens is 300 g/mol. The lowest BCUT2D eigenvalue weighted by molar-refractivity contribution is 0.0914. The molecule has 4 nitrogen and oxygen atoms in total. The van der Waals surface area contributed by atoms with Crippen LogP contribution in [-0.4, -0.2) is 37.0 Å². The maximum absolute atomic E-state index is 12.6. The summed E-state index contributed by atoms with van der Waals surface area (Å²) in [5.41, 5.74) is 1.61. The molecule has 0 unspecified atom stereocenters. The number of hydrogen-bond donors (Lipinski definition) is 1. The number of ether oxygens (including phenoxy) is 1. The summed E-state index contributed by atoms with van der Waals surface area (Å²) in [6, 6.07) is 17.6. The lowest BCUT2D eigenvalue weighted by atomic mass is 10.0. The van der Waals surface area contributed by atoms with E-state index in [-0.39, 0.29) is 11.9 Å². The van der Waals surface area contributed by atoms with Crippen molar-refractivity contribution < 1.29 is 9.53 Å². The van der Waals surface area contributed by atoms with Gasteiger partial charge >= 0.3 is 0 Å². The summed E-state index contributed by atoms with van der Waals surface area (Å²) in [5.74, 6) is 0.805. The van der Waals surface area contributed by atoms with E-state index in [1.807, 2.05) is 54.6 Å². The van der Waals surface area contributed by atoms with Crippen LogP contribution < -0.4 is 10.1 Å². The van der Waals surface area contributed by atoms with Gasteiger partial charge in [0.15, 0.2) is 0 Å². The van der Waals surface area contributed by atoms with Gasteiger partial charge in [0.1, 0.15) is 12.4 Å². The van der Waals surface area contributed by atoms with E-state index in [9.17, 15) is 4.79 Å². The summed E-state index contributed by atoms with van der Waals surface area (Å²) in [7, 11) is 2.12. The topological polar surface area (TPSA) is 41.6 Å². The summed E-state index contributed by atoms with van der Waals surface area (Å²) in [4.78, 5) is 14.9. The van der Waals surface area contributed by atoms with Gasteiger partial charge in [-0.05, 0) is 51.2 Å². The van der Waals surface area contributed by atoms with Gasteiger partial charge in [-0.2, -0.15) is 0 Å². The molecule has 1 fully saturated rings. The molecule has 0 radical (unpaired) electrons. The van der Waals surface area contributed by atoms with E-state index >= 15 is 0 Å². The molecule has 0 bridgehead atoms. The molecule has 1 amide bonds. The molecule has 0 aromatic heterocycles. The quantitative estimate of drug-likeness (QED) is 0.919. The maximum Gasteiger partial charge on any atom is 0.251 e. The minimum absolute atomic E-state index is 0.00295. The standard InChI is InChI=1S/C20H24N2O2/c1-22-13-11-17(12-14-22)21-20(23)19-10-6-5-7-16(19)15-24-18-8-3-2-4-9-18/h2-10,17H,11-15H2,1H3,(H,21,23). The number of amides is 1. The molecule has 0 aliphatic carbocycles. The zero-order valence-corrected chi connectivity index (χ0v) is 14.1. The van der Waals surface area contributed by atoms with E-state index in [2.05, 4.69) is 17.3 Å². The second kappa shape index (κ2) is 7.97. The predicted molar refractivity (Wildman–Crippen MR) is 95.2 cm³/mol. The first-order chi connectivity index (χ1) is 11.7. The molecule has 0 saturated carbocycles. The molecule has 24 heavy (non-hydrogen) atoms. The van der Waals surface area contributed by atoms with Gasteiger partial charge in [0.25, 0.3) is 5.91 Å². The molecule has 1 N–H and O–H groups in total. The van der Waals surface area contributed by atoms with Crippen molar-refractivity contribution in [1.82, 2.24) is 10.2 Å². The Kier molecular flexibility index (Phi) is 5.49. The number of carbonyl (C=O) groups excluding carboxylic acids is 1. The summed E-state index contributed by atoms with van der Waals surface area (Å²) < 4.78 is 5.80. The van der Waals surface area contributed by atoms with Crippen LogP contribution >= 0.6 is 0 Å². The molecular formula is C20H24N2O2. The minimum Gasteiger partial charge on any atom is -0.489 e. The highest BCUT2D eigenvalue weighted by Crippen LogP contribution is 2.16. The first kappa shape index (κ1) is 16.5. The Labute approximate surface area is 143 Å². The highest BCUT2D eigenvalue weighted by molar-refractivity contribution is 5.95. The molecule has 126 valence electrons. The third-order valence-corrected chi connectivity index (χ3v) is 4.45. The van der Waals surface area contributed by atoms with Crippen molar-refractivity contribution in [2.75, 3.05) is 20.1 Å². The van der Waals surface area contributed by atoms with Gasteiger partial charge in [-0.3, -0.25) is 4.79 Å². The first-order valence-corrected chi connectivity index (χ1v) is 8.47. The zero-order valence-electron chi connectivity index (χ0n) is 14.1. The summed E-state index contributed by atoms with van der Waals surface area (Å²) in [6.45, 7) is 2.45. The normalized spacial score (nSPS) is 15.9. The van der Waals surface area contributed by atoms with E-state index in [1.54, 1.807) is 0 Å². The van der Waals surface area contributed by atoms with Crippen molar-refractivity contribution in [2.45, 2.75) is 25.5 Å². The molecule has 1 aliphatic heterocycles. The fraction of sp³-hybridized carbons (Fsp3) is 0.350. The molecule has 0 atom stereocenters. The molecule has 2 aromatic rings. The van der Waals surface area contributed by atoms with Crippen molar-refractivity contribution in [3.8, 4) is 5.75 Å². The molecule has 1 heterocycles. The third-order valence-electron chi connectivity index (χ3n) is 4.45. The van der Waals surface area contributed by atoms with Gasteiger partial charge in [0, 0.05) is 17.2 Å². The van der Waals surface area contributed by atoms with Gasteiger partial charge in [-0.25, -0.2) is 0 Å². The van der Waals surface area contributed by atoms with Crippen LogP contribution in [0.1, 0.15) is 28.8 Å². The highest BCUT2D eigenvalue weighted by atomic mass is 16.5. The van der Waals surface area contributed by atoms with Gasteiger partial charge < -0.3 is 15.0 Å². The Balaban J connectivity index is 1.63. The number of likely N-dealkylation sites (tertiary alicyclic amines) is 1. The van der Waals surface area contributed by atoms with E-state index in [0.29, 0.717) is 12.2 Å². The van der Waals surface area contributed by atoms with Crippen LogP contribution in [0, 0.1) is 0 Å². The molecule has 1 aliphatic rings. The minimum atomic E-state index is -0.00295. The largest absolute Gasteiger partial charge is 0.489 e. The lowest BCUT2D eigenvalue weighted by Crippen LogP contribution is -2.43. The predicted octanol–water partition coefficient (Wildman–Crippen LogP) is 3.09. The smallest absolute Gasteiger partial charge is 0.251 e. The maximum atomic E-state index is 12.6. The third kappa shape index (κ3) is 4.36. The molecule has 4 heteroatoms. The highest BCUT2D eigenvalue weighted by Gasteiger charge is 2.20. The Morgan fingerprint density at radius 2 is 1.75 bits per heavy atom. The van der Waals surface area contributed by atoms with E-state index in [1.165, 1.54) is 0 Å². The zero-order chi connectivity index (χ0) is 16.8. The van der Waals surface area contributed by atoms with Crippen LogP contribution in [0.3, 0.4) is 0 Å². The second-order valence-electron chi connectivity index (χ2n) is 6.31. The van der Waals surface area contributed by atoms with Crippen molar-refractivity contribution in [1.29, 1.82) is 0 Å². The molecule has 2 aromatic carbocycles. The number of piperidine rings is 1. The number of rotatable bonds is 5. The van der Waals surface area contributed by atoms with Crippen LogP contribution in [0.5, 0.6) is 5.75 Å². The van der Waals surface area contributed by atoms with Gasteiger partial charge in [0.2, 0.25) is 0 Å².